The van der Waals surface area contributed by atoms with E-state index in [0.29, 0.717) is 11.9 Å². The molecule has 0 spiro atoms. The average molecular weight is 240 g/mol. The van der Waals surface area contributed by atoms with Crippen molar-refractivity contribution < 1.29 is 9.28 Å². The molecule has 0 aromatic carbocycles. The van der Waals surface area contributed by atoms with Gasteiger partial charge >= 0.3 is 0 Å². The Morgan fingerprint density at radius 1 is 1.24 bits per heavy atom. The molecule has 0 aliphatic carbocycles. The van der Waals surface area contributed by atoms with Crippen LogP contribution in [-0.4, -0.2) is 68.7 Å². The molecule has 2 saturated heterocycles. The summed E-state index contributed by atoms with van der Waals surface area (Å²) in [5.41, 5.74) is 0. The molecule has 0 bridgehead atoms. The molecule has 0 unspecified atom stereocenters. The van der Waals surface area contributed by atoms with Crippen LogP contribution in [-0.2, 0) is 4.79 Å². The van der Waals surface area contributed by atoms with Crippen LogP contribution in [0.3, 0.4) is 0 Å². The van der Waals surface area contributed by atoms with E-state index in [4.69, 9.17) is 0 Å². The number of carbonyl (C=O) groups is 1. The second-order valence-corrected chi connectivity index (χ2v) is 6.41. The van der Waals surface area contributed by atoms with Crippen LogP contribution in [0.1, 0.15) is 19.3 Å². The Morgan fingerprint density at radius 3 is 2.41 bits per heavy atom. The van der Waals surface area contributed by atoms with E-state index in [1.807, 2.05) is 0 Å². The van der Waals surface area contributed by atoms with Crippen molar-refractivity contribution in [1.29, 1.82) is 0 Å². The summed E-state index contributed by atoms with van der Waals surface area (Å²) < 4.78 is 1.04. The number of likely N-dealkylation sites (N-methyl/N-ethyl adjacent to an activating group) is 1. The van der Waals surface area contributed by atoms with Crippen molar-refractivity contribution in [2.24, 2.45) is 5.92 Å². The lowest BCUT2D eigenvalue weighted by molar-refractivity contribution is -0.878. The molecule has 4 nitrogen and oxygen atoms in total. The summed E-state index contributed by atoms with van der Waals surface area (Å²) in [6, 6.07) is 0.400. The summed E-state index contributed by atoms with van der Waals surface area (Å²) in [6.07, 6.45) is 3.17. The molecule has 1 amide bonds. The van der Waals surface area contributed by atoms with Gasteiger partial charge in [0, 0.05) is 12.3 Å². The van der Waals surface area contributed by atoms with Crippen LogP contribution in [0.4, 0.5) is 0 Å². The van der Waals surface area contributed by atoms with Crippen LogP contribution < -0.4 is 5.32 Å². The fraction of sp³-hybridized carbons (Fsp3) is 0.923. The largest absolute Gasteiger partial charge is 0.347 e. The van der Waals surface area contributed by atoms with Gasteiger partial charge in [0.05, 0.1) is 33.2 Å². The number of carbonyl (C=O) groups excluding carboxylic acids is 1. The summed E-state index contributed by atoms with van der Waals surface area (Å²) in [4.78, 5) is 14.4. The Bertz CT molecular complexity index is 282. The summed E-state index contributed by atoms with van der Waals surface area (Å²) in [7, 11) is 6.61. The van der Waals surface area contributed by atoms with Gasteiger partial charge in [-0.2, -0.15) is 0 Å². The van der Waals surface area contributed by atoms with Crippen molar-refractivity contribution in [2.75, 3.05) is 47.3 Å². The highest BCUT2D eigenvalue weighted by Gasteiger charge is 2.33. The minimum atomic E-state index is 0.252. The molecule has 2 fully saturated rings. The zero-order valence-corrected chi connectivity index (χ0v) is 11.4. The number of rotatable bonds is 2. The molecule has 0 aromatic heterocycles. The number of hydrogen-bond acceptors (Lipinski definition) is 2. The van der Waals surface area contributed by atoms with E-state index in [9.17, 15) is 4.79 Å². The maximum absolute atomic E-state index is 12.1. The van der Waals surface area contributed by atoms with Gasteiger partial charge in [-0.05, 0) is 33.0 Å². The minimum Gasteiger partial charge on any atom is -0.347 e. The van der Waals surface area contributed by atoms with E-state index >= 15 is 0 Å². The zero-order chi connectivity index (χ0) is 12.5. The van der Waals surface area contributed by atoms with E-state index in [-0.39, 0.29) is 5.92 Å². The van der Waals surface area contributed by atoms with Crippen LogP contribution in [0.15, 0.2) is 0 Å². The Morgan fingerprint density at radius 2 is 1.88 bits per heavy atom. The third kappa shape index (κ3) is 3.42. The van der Waals surface area contributed by atoms with Crippen molar-refractivity contribution in [1.82, 2.24) is 10.2 Å². The summed E-state index contributed by atoms with van der Waals surface area (Å²) in [6.45, 7) is 4.38. The maximum atomic E-state index is 12.1. The first-order valence-corrected chi connectivity index (χ1v) is 6.77. The predicted octanol–water partition coefficient (Wildman–Crippen LogP) is 0.293. The molecule has 1 N–H and O–H groups in total. The number of hydrogen-bond donors (Lipinski definition) is 1. The Kier molecular flexibility index (Phi) is 3.73. The van der Waals surface area contributed by atoms with Gasteiger partial charge in [0.25, 0.3) is 0 Å². The molecule has 2 rings (SSSR count). The van der Waals surface area contributed by atoms with Gasteiger partial charge in [-0.25, -0.2) is 0 Å². The van der Waals surface area contributed by atoms with Gasteiger partial charge < -0.3 is 14.7 Å². The second-order valence-electron chi connectivity index (χ2n) is 6.41. The first kappa shape index (κ1) is 12.8. The highest BCUT2D eigenvalue weighted by atomic mass is 16.2. The van der Waals surface area contributed by atoms with Gasteiger partial charge in [0.15, 0.2) is 0 Å². The number of quaternary nitrogens is 1. The summed E-state index contributed by atoms with van der Waals surface area (Å²) in [5, 5.41) is 3.25. The third-order valence-electron chi connectivity index (χ3n) is 4.23. The van der Waals surface area contributed by atoms with E-state index in [2.05, 4.69) is 31.4 Å². The van der Waals surface area contributed by atoms with Gasteiger partial charge in [0.1, 0.15) is 0 Å². The molecule has 2 aliphatic rings. The first-order chi connectivity index (χ1) is 7.96. The van der Waals surface area contributed by atoms with Crippen molar-refractivity contribution in [3.8, 4) is 0 Å². The molecule has 4 heteroatoms. The Balaban J connectivity index is 1.78. The number of likely N-dealkylation sites (tertiary alicyclic amines) is 2. The van der Waals surface area contributed by atoms with Gasteiger partial charge in [-0.3, -0.25) is 4.79 Å². The fourth-order valence-corrected chi connectivity index (χ4v) is 2.99. The summed E-state index contributed by atoms with van der Waals surface area (Å²) in [5.74, 6) is 0.549. The van der Waals surface area contributed by atoms with E-state index < -0.39 is 0 Å². The van der Waals surface area contributed by atoms with E-state index in [0.717, 1.165) is 43.4 Å². The van der Waals surface area contributed by atoms with Gasteiger partial charge in [-0.15, -0.1) is 0 Å². The lowest BCUT2D eigenvalue weighted by atomic mass is 9.96. The highest BCUT2D eigenvalue weighted by molar-refractivity contribution is 5.79. The SMILES string of the molecule is CN1CCC(C(=O)N[C@H]2CC[N+](C)(C)C2)CC1. The van der Waals surface area contributed by atoms with Crippen LogP contribution in [0.25, 0.3) is 0 Å². The van der Waals surface area contributed by atoms with E-state index in [1.165, 1.54) is 6.54 Å². The molecule has 17 heavy (non-hydrogen) atoms. The first-order valence-electron chi connectivity index (χ1n) is 6.77. The van der Waals surface area contributed by atoms with Gasteiger partial charge in [0.2, 0.25) is 5.91 Å². The Hall–Kier alpha value is -0.610. The lowest BCUT2D eigenvalue weighted by Gasteiger charge is -2.29. The smallest absolute Gasteiger partial charge is 0.223 e. The normalized spacial score (nSPS) is 30.4. The molecular weight excluding hydrogens is 214 g/mol. The maximum Gasteiger partial charge on any atom is 0.223 e. The summed E-state index contributed by atoms with van der Waals surface area (Å²) >= 11 is 0. The molecule has 2 heterocycles. The topological polar surface area (TPSA) is 32.3 Å². The molecule has 2 aliphatic heterocycles. The standard InChI is InChI=1S/C13H25N3O/c1-15-7-4-11(5-8-15)13(17)14-12-6-9-16(2,3)10-12/h11-12H,4-10H2,1-3H3/p+1/t12-/m0/s1. The van der Waals surface area contributed by atoms with Crippen molar-refractivity contribution >= 4 is 5.91 Å². The highest BCUT2D eigenvalue weighted by Crippen LogP contribution is 2.18. The van der Waals surface area contributed by atoms with Crippen LogP contribution in [0, 0.1) is 5.92 Å². The predicted molar refractivity (Wildman–Crippen MR) is 68.6 cm³/mol. The monoisotopic (exact) mass is 240 g/mol. The number of nitrogens with one attached hydrogen (secondary N) is 1. The van der Waals surface area contributed by atoms with Gasteiger partial charge in [-0.1, -0.05) is 0 Å². The molecule has 0 saturated carbocycles. The van der Waals surface area contributed by atoms with Crippen molar-refractivity contribution in [2.45, 2.75) is 25.3 Å². The molecule has 1 atom stereocenters. The third-order valence-corrected chi connectivity index (χ3v) is 4.23. The zero-order valence-electron chi connectivity index (χ0n) is 11.4. The fourth-order valence-electron chi connectivity index (χ4n) is 2.99. The molecular formula is C13H26N3O+. The Labute approximate surface area is 105 Å². The van der Waals surface area contributed by atoms with Crippen LogP contribution in [0.5, 0.6) is 0 Å². The lowest BCUT2D eigenvalue weighted by Crippen LogP contribution is -2.46. The van der Waals surface area contributed by atoms with E-state index in [1.54, 1.807) is 0 Å². The second kappa shape index (κ2) is 4.94. The van der Waals surface area contributed by atoms with Crippen molar-refractivity contribution in [3.63, 3.8) is 0 Å². The molecule has 98 valence electrons. The quantitative estimate of drug-likeness (QED) is 0.704. The van der Waals surface area contributed by atoms with Crippen molar-refractivity contribution in [3.05, 3.63) is 0 Å². The average Bonchev–Trinajstić information content (AvgIpc) is 2.59. The molecule has 0 radical (unpaired) electrons. The van der Waals surface area contributed by atoms with Crippen LogP contribution in [0.2, 0.25) is 0 Å². The number of piperidine rings is 1. The van der Waals surface area contributed by atoms with Crippen LogP contribution >= 0.6 is 0 Å². The molecule has 0 aromatic rings. The number of nitrogens with zero attached hydrogens (tertiary/aromatic N) is 2. The minimum absolute atomic E-state index is 0.252. The number of amides is 1.